The molecule has 4 nitrogen and oxygen atoms in total. The Morgan fingerprint density at radius 3 is 2.78 bits per heavy atom. The molecule has 2 rings (SSSR count). The summed E-state index contributed by atoms with van der Waals surface area (Å²) in [7, 11) is 0. The number of nitrogens with zero attached hydrogens (tertiary/aromatic N) is 3. The van der Waals surface area contributed by atoms with Crippen molar-refractivity contribution in [3.05, 3.63) is 17.8 Å². The van der Waals surface area contributed by atoms with Crippen molar-refractivity contribution in [1.29, 1.82) is 5.26 Å². The van der Waals surface area contributed by atoms with Crippen molar-refractivity contribution < 1.29 is 0 Å². The van der Waals surface area contributed by atoms with Gasteiger partial charge in [0.15, 0.2) is 0 Å². The molecule has 0 saturated carbocycles. The second-order valence-corrected chi connectivity index (χ2v) is 5.13. The molecule has 0 bridgehead atoms. The monoisotopic (exact) mass is 244 g/mol. The Kier molecular flexibility index (Phi) is 3.42. The fourth-order valence-corrected chi connectivity index (χ4v) is 2.75. The van der Waals surface area contributed by atoms with Gasteiger partial charge in [-0.2, -0.15) is 5.26 Å². The summed E-state index contributed by atoms with van der Waals surface area (Å²) in [5.41, 5.74) is 7.19. The summed E-state index contributed by atoms with van der Waals surface area (Å²) in [5, 5.41) is 9.18. The number of nitrogens with two attached hydrogens (primary N) is 1. The number of pyridine rings is 1. The van der Waals surface area contributed by atoms with Crippen LogP contribution in [-0.4, -0.2) is 18.1 Å². The van der Waals surface area contributed by atoms with Crippen LogP contribution in [0.1, 0.15) is 38.7 Å². The number of aromatic nitrogens is 1. The molecule has 4 heteroatoms. The summed E-state index contributed by atoms with van der Waals surface area (Å²) in [6, 6.07) is 3.90. The second kappa shape index (κ2) is 4.85. The van der Waals surface area contributed by atoms with Crippen LogP contribution in [0.25, 0.3) is 0 Å². The maximum absolute atomic E-state index is 9.18. The molecule has 0 atom stereocenters. The minimum atomic E-state index is 0.385. The molecule has 1 aromatic heterocycles. The first-order valence-corrected chi connectivity index (χ1v) is 6.54. The smallest absolute Gasteiger partial charge is 0.146 e. The van der Waals surface area contributed by atoms with Gasteiger partial charge in [-0.3, -0.25) is 0 Å². The number of rotatable bonds is 3. The van der Waals surface area contributed by atoms with Crippen molar-refractivity contribution in [3.8, 4) is 6.07 Å². The Bertz CT molecular complexity index is 471. The summed E-state index contributed by atoms with van der Waals surface area (Å²) in [4.78, 5) is 6.57. The van der Waals surface area contributed by atoms with Gasteiger partial charge in [0.25, 0.3) is 0 Å². The highest BCUT2D eigenvalue weighted by Crippen LogP contribution is 2.39. The number of nitrogen functional groups attached to an aromatic ring is 1. The van der Waals surface area contributed by atoms with Gasteiger partial charge in [-0.25, -0.2) is 4.98 Å². The van der Waals surface area contributed by atoms with Gasteiger partial charge in [0, 0.05) is 13.1 Å². The van der Waals surface area contributed by atoms with Crippen LogP contribution in [0.15, 0.2) is 12.3 Å². The Balaban J connectivity index is 2.27. The molecule has 1 aliphatic heterocycles. The van der Waals surface area contributed by atoms with E-state index in [-0.39, 0.29) is 0 Å². The van der Waals surface area contributed by atoms with Crippen molar-refractivity contribution >= 4 is 11.5 Å². The van der Waals surface area contributed by atoms with Gasteiger partial charge in [0.2, 0.25) is 0 Å². The second-order valence-electron chi connectivity index (χ2n) is 5.13. The lowest BCUT2D eigenvalue weighted by Gasteiger charge is -2.27. The average Bonchev–Trinajstić information content (AvgIpc) is 2.83. The number of hydrogen-bond donors (Lipinski definition) is 1. The van der Waals surface area contributed by atoms with Crippen LogP contribution < -0.4 is 10.6 Å². The van der Waals surface area contributed by atoms with E-state index in [4.69, 9.17) is 5.73 Å². The number of anilines is 2. The third-order valence-corrected chi connectivity index (χ3v) is 4.25. The number of nitriles is 1. The molecule has 2 N–H and O–H groups in total. The highest BCUT2D eigenvalue weighted by atomic mass is 15.2. The zero-order valence-corrected chi connectivity index (χ0v) is 11.1. The first-order valence-electron chi connectivity index (χ1n) is 6.54. The first kappa shape index (κ1) is 12.7. The van der Waals surface area contributed by atoms with E-state index < -0.39 is 0 Å². The van der Waals surface area contributed by atoms with E-state index in [1.54, 1.807) is 12.3 Å². The fourth-order valence-electron chi connectivity index (χ4n) is 2.75. The molecule has 1 saturated heterocycles. The van der Waals surface area contributed by atoms with Gasteiger partial charge in [-0.05, 0) is 30.7 Å². The molecule has 0 radical (unpaired) electrons. The van der Waals surface area contributed by atoms with E-state index in [2.05, 4.69) is 29.8 Å². The lowest BCUT2D eigenvalue weighted by molar-refractivity contribution is 0.301. The Morgan fingerprint density at radius 1 is 1.50 bits per heavy atom. The van der Waals surface area contributed by atoms with Gasteiger partial charge in [-0.15, -0.1) is 0 Å². The summed E-state index contributed by atoms with van der Waals surface area (Å²) >= 11 is 0. The molecule has 18 heavy (non-hydrogen) atoms. The summed E-state index contributed by atoms with van der Waals surface area (Å²) < 4.78 is 0. The van der Waals surface area contributed by atoms with Crippen LogP contribution in [-0.2, 0) is 0 Å². The quantitative estimate of drug-likeness (QED) is 0.887. The standard InChI is InChI=1S/C14H20N4/c1-3-14(4-2)5-6-18(10-14)13-11(8-15)7-12(16)9-17-13/h7,9H,3-6,10,16H2,1-2H3. The molecule has 1 aromatic rings. The molecule has 96 valence electrons. The third-order valence-electron chi connectivity index (χ3n) is 4.25. The lowest BCUT2D eigenvalue weighted by Crippen LogP contribution is -2.27. The molecule has 1 fully saturated rings. The predicted molar refractivity (Wildman–Crippen MR) is 73.2 cm³/mol. The zero-order valence-electron chi connectivity index (χ0n) is 11.1. The van der Waals surface area contributed by atoms with Gasteiger partial charge in [0.1, 0.15) is 11.9 Å². The molecule has 0 aromatic carbocycles. The van der Waals surface area contributed by atoms with E-state index in [0.717, 1.165) is 18.9 Å². The fraction of sp³-hybridized carbons (Fsp3) is 0.571. The van der Waals surface area contributed by atoms with E-state index in [0.29, 0.717) is 16.7 Å². The van der Waals surface area contributed by atoms with Crippen molar-refractivity contribution in [3.63, 3.8) is 0 Å². The highest BCUT2D eigenvalue weighted by molar-refractivity contribution is 5.59. The summed E-state index contributed by atoms with van der Waals surface area (Å²) in [5.74, 6) is 0.787. The van der Waals surface area contributed by atoms with Crippen LogP contribution in [0, 0.1) is 16.7 Å². The van der Waals surface area contributed by atoms with Gasteiger partial charge in [-0.1, -0.05) is 13.8 Å². The number of hydrogen-bond acceptors (Lipinski definition) is 4. The molecule has 0 aliphatic carbocycles. The topological polar surface area (TPSA) is 65.9 Å². The maximum atomic E-state index is 9.18. The molecular formula is C14H20N4. The minimum Gasteiger partial charge on any atom is -0.397 e. The predicted octanol–water partition coefficient (Wildman–Crippen LogP) is 2.55. The molecule has 0 amide bonds. The minimum absolute atomic E-state index is 0.385. The van der Waals surface area contributed by atoms with Crippen LogP contribution in [0.4, 0.5) is 11.5 Å². The van der Waals surface area contributed by atoms with Gasteiger partial charge >= 0.3 is 0 Å². The molecule has 1 aliphatic rings. The average molecular weight is 244 g/mol. The van der Waals surface area contributed by atoms with Crippen LogP contribution >= 0.6 is 0 Å². The summed E-state index contributed by atoms with van der Waals surface area (Å²) in [6.07, 6.45) is 5.17. The Labute approximate surface area is 108 Å². The normalized spacial score (nSPS) is 17.7. The van der Waals surface area contributed by atoms with E-state index in [1.807, 2.05) is 0 Å². The van der Waals surface area contributed by atoms with Crippen LogP contribution in [0.5, 0.6) is 0 Å². The van der Waals surface area contributed by atoms with Crippen molar-refractivity contribution in [2.75, 3.05) is 23.7 Å². The Morgan fingerprint density at radius 2 is 2.22 bits per heavy atom. The van der Waals surface area contributed by atoms with Crippen LogP contribution in [0.2, 0.25) is 0 Å². The molecule has 2 heterocycles. The largest absolute Gasteiger partial charge is 0.397 e. The summed E-state index contributed by atoms with van der Waals surface area (Å²) in [6.45, 7) is 6.46. The van der Waals surface area contributed by atoms with Gasteiger partial charge < -0.3 is 10.6 Å². The molecule has 0 spiro atoms. The van der Waals surface area contributed by atoms with Crippen molar-refractivity contribution in [1.82, 2.24) is 4.98 Å². The Hall–Kier alpha value is -1.76. The maximum Gasteiger partial charge on any atom is 0.146 e. The lowest BCUT2D eigenvalue weighted by atomic mass is 9.82. The van der Waals surface area contributed by atoms with E-state index in [1.165, 1.54) is 19.3 Å². The van der Waals surface area contributed by atoms with Crippen LogP contribution in [0.3, 0.4) is 0 Å². The SMILES string of the molecule is CCC1(CC)CCN(c2ncc(N)cc2C#N)C1. The first-order chi connectivity index (χ1) is 8.64. The zero-order chi connectivity index (χ0) is 13.2. The van der Waals surface area contributed by atoms with Gasteiger partial charge in [0.05, 0.1) is 17.4 Å². The van der Waals surface area contributed by atoms with Crippen molar-refractivity contribution in [2.24, 2.45) is 5.41 Å². The van der Waals surface area contributed by atoms with E-state index in [9.17, 15) is 5.26 Å². The van der Waals surface area contributed by atoms with E-state index >= 15 is 0 Å². The molecule has 0 unspecified atom stereocenters. The highest BCUT2D eigenvalue weighted by Gasteiger charge is 2.36. The van der Waals surface area contributed by atoms with Crippen molar-refractivity contribution in [2.45, 2.75) is 33.1 Å². The molecular weight excluding hydrogens is 224 g/mol. The third kappa shape index (κ3) is 2.13.